The number of allylic oxidation sites excluding steroid dienone is 8. The lowest BCUT2D eigenvalue weighted by molar-refractivity contribution is 0.591. The first-order valence-electron chi connectivity index (χ1n) is 21.4. The zero-order chi connectivity index (χ0) is 40.6. The molecule has 2 aliphatic rings. The number of nitrogens with zero attached hydrogens (tertiary/aromatic N) is 2. The van der Waals surface area contributed by atoms with Gasteiger partial charge in [0.2, 0.25) is 0 Å². The van der Waals surface area contributed by atoms with Crippen molar-refractivity contribution in [1.82, 2.24) is 4.57 Å². The minimum Gasteiger partial charge on any atom is -0.311 e. The lowest BCUT2D eigenvalue weighted by atomic mass is 9.86. The first-order chi connectivity index (χ1) is 29.4. The average molecular weight is 775 g/mol. The van der Waals surface area contributed by atoms with Crippen molar-refractivity contribution in [2.24, 2.45) is 0 Å². The van der Waals surface area contributed by atoms with E-state index in [1.165, 1.54) is 66.4 Å². The van der Waals surface area contributed by atoms with Gasteiger partial charge >= 0.3 is 0 Å². The molecular formula is C58H50N2. The predicted molar refractivity (Wildman–Crippen MR) is 256 cm³/mol. The van der Waals surface area contributed by atoms with Crippen molar-refractivity contribution in [2.75, 3.05) is 4.90 Å². The van der Waals surface area contributed by atoms with Gasteiger partial charge in [0.05, 0.1) is 11.0 Å². The molecule has 7 aromatic carbocycles. The van der Waals surface area contributed by atoms with Crippen molar-refractivity contribution in [3.05, 3.63) is 235 Å². The number of hydrogen-bond acceptors (Lipinski definition) is 1. The fourth-order valence-electron chi connectivity index (χ4n) is 9.05. The van der Waals surface area contributed by atoms with E-state index < -0.39 is 0 Å². The lowest BCUT2D eigenvalue weighted by Crippen LogP contribution is -2.10. The van der Waals surface area contributed by atoms with Crippen molar-refractivity contribution in [3.63, 3.8) is 0 Å². The Morgan fingerprint density at radius 1 is 0.500 bits per heavy atom. The molecule has 2 nitrogen and oxygen atoms in total. The van der Waals surface area contributed by atoms with E-state index in [0.29, 0.717) is 11.8 Å². The Kier molecular flexibility index (Phi) is 9.78. The third-order valence-corrected chi connectivity index (χ3v) is 12.5. The summed E-state index contributed by atoms with van der Waals surface area (Å²) in [6.45, 7) is 6.88. The summed E-state index contributed by atoms with van der Waals surface area (Å²) in [6, 6.07) is 62.7. The van der Waals surface area contributed by atoms with E-state index in [4.69, 9.17) is 0 Å². The third-order valence-electron chi connectivity index (χ3n) is 12.5. The van der Waals surface area contributed by atoms with Crippen molar-refractivity contribution in [1.29, 1.82) is 0 Å². The molecule has 292 valence electrons. The molecule has 0 aliphatic heterocycles. The highest BCUT2D eigenvalue weighted by molar-refractivity contribution is 6.10. The van der Waals surface area contributed by atoms with Crippen molar-refractivity contribution >= 4 is 44.4 Å². The van der Waals surface area contributed by atoms with Gasteiger partial charge in [0, 0.05) is 45.4 Å². The first-order valence-corrected chi connectivity index (χ1v) is 21.4. The maximum atomic E-state index is 2.40. The highest BCUT2D eigenvalue weighted by Gasteiger charge is 2.20. The van der Waals surface area contributed by atoms with Crippen LogP contribution in [0, 0.1) is 0 Å². The molecule has 0 bridgehead atoms. The summed E-state index contributed by atoms with van der Waals surface area (Å²) >= 11 is 0. The SMILES string of the molecule is CC(C)(C)c1ccc2c(c1)c1cc(-c3ccc(C4=CCC(c5ccc(N(c6ccccc6)c6ccc(C7C=CC=CC7)cc6)cc5)C=C4)cc3)ccc1n2-c1ccccc1. The Morgan fingerprint density at radius 2 is 1.07 bits per heavy atom. The van der Waals surface area contributed by atoms with Gasteiger partial charge in [-0.15, -0.1) is 0 Å². The van der Waals surface area contributed by atoms with Gasteiger partial charge in [-0.3, -0.25) is 0 Å². The third kappa shape index (κ3) is 7.24. The molecule has 60 heavy (non-hydrogen) atoms. The molecule has 0 radical (unpaired) electrons. The number of benzene rings is 7. The highest BCUT2D eigenvalue weighted by Crippen LogP contribution is 2.40. The van der Waals surface area contributed by atoms with Gasteiger partial charge in [-0.1, -0.05) is 160 Å². The Hall–Kier alpha value is -6.90. The summed E-state index contributed by atoms with van der Waals surface area (Å²) in [5, 5.41) is 2.58. The Labute approximate surface area is 354 Å². The molecule has 0 spiro atoms. The van der Waals surface area contributed by atoms with E-state index in [0.717, 1.165) is 29.9 Å². The number of hydrogen-bond donors (Lipinski definition) is 0. The first kappa shape index (κ1) is 37.4. The quantitative estimate of drug-likeness (QED) is 0.149. The molecule has 2 unspecified atom stereocenters. The minimum absolute atomic E-state index is 0.0681. The van der Waals surface area contributed by atoms with Crippen molar-refractivity contribution in [2.45, 2.75) is 50.9 Å². The molecule has 1 aromatic heterocycles. The van der Waals surface area contributed by atoms with Crippen LogP contribution in [0.2, 0.25) is 0 Å². The maximum absolute atomic E-state index is 2.40. The summed E-state index contributed by atoms with van der Waals surface area (Å²) in [6.07, 6.45) is 18.0. The fraction of sp³-hybridized carbons (Fsp3) is 0.138. The second-order valence-electron chi connectivity index (χ2n) is 17.3. The van der Waals surface area contributed by atoms with Crippen molar-refractivity contribution < 1.29 is 0 Å². The predicted octanol–water partition coefficient (Wildman–Crippen LogP) is 15.9. The van der Waals surface area contributed by atoms with Crippen LogP contribution in [0.25, 0.3) is 44.2 Å². The fourth-order valence-corrected chi connectivity index (χ4v) is 9.05. The lowest BCUT2D eigenvalue weighted by Gasteiger charge is -2.27. The van der Waals surface area contributed by atoms with Gasteiger partial charge in [0.1, 0.15) is 0 Å². The van der Waals surface area contributed by atoms with E-state index in [2.05, 4.69) is 243 Å². The van der Waals surface area contributed by atoms with E-state index in [9.17, 15) is 0 Å². The maximum Gasteiger partial charge on any atom is 0.0541 e. The highest BCUT2D eigenvalue weighted by atomic mass is 15.1. The smallest absolute Gasteiger partial charge is 0.0541 e. The zero-order valence-electron chi connectivity index (χ0n) is 34.7. The van der Waals surface area contributed by atoms with Crippen LogP contribution < -0.4 is 4.90 Å². The number of anilines is 3. The Bertz CT molecular complexity index is 2920. The normalized spacial score (nSPS) is 16.4. The molecule has 2 atom stereocenters. The van der Waals surface area contributed by atoms with Gasteiger partial charge in [0.25, 0.3) is 0 Å². The summed E-state index contributed by atoms with van der Waals surface area (Å²) in [5.41, 5.74) is 16.2. The summed E-state index contributed by atoms with van der Waals surface area (Å²) in [5.74, 6) is 0.781. The molecule has 0 saturated heterocycles. The van der Waals surface area contributed by atoms with E-state index in [-0.39, 0.29) is 5.41 Å². The number of para-hydroxylation sites is 2. The van der Waals surface area contributed by atoms with Crippen molar-refractivity contribution in [3.8, 4) is 16.8 Å². The van der Waals surface area contributed by atoms with Gasteiger partial charge in [-0.2, -0.15) is 0 Å². The summed E-state index contributed by atoms with van der Waals surface area (Å²) in [7, 11) is 0. The Balaban J connectivity index is 0.873. The average Bonchev–Trinajstić information content (AvgIpc) is 3.63. The molecule has 2 heteroatoms. The van der Waals surface area contributed by atoms with Crippen LogP contribution in [0.3, 0.4) is 0 Å². The largest absolute Gasteiger partial charge is 0.311 e. The van der Waals surface area contributed by atoms with Gasteiger partial charge in [-0.25, -0.2) is 0 Å². The monoisotopic (exact) mass is 774 g/mol. The van der Waals surface area contributed by atoms with E-state index >= 15 is 0 Å². The topological polar surface area (TPSA) is 8.17 Å². The van der Waals surface area contributed by atoms with E-state index in [1.807, 2.05) is 0 Å². The number of aromatic nitrogens is 1. The standard InChI is InChI=1S/C58H50N2/c1-58(2,3)49-32-38-57-55(40-49)54-39-48(31-37-56(54)60(57)51-17-11-6-12-18-51)47-25-23-43(24-26-47)42-19-21-44(22-20-42)46-29-35-53(36-30-46)59(50-15-9-5-10-16-50)52-33-27-45(28-34-52)41-13-7-4-8-14-41/h4-13,15-21,23-41,44H,14,22H2,1-3H3. The van der Waals surface area contributed by atoms with Gasteiger partial charge < -0.3 is 9.47 Å². The van der Waals surface area contributed by atoms with Gasteiger partial charge in [-0.05, 0) is 130 Å². The van der Waals surface area contributed by atoms with Crippen LogP contribution in [-0.4, -0.2) is 4.57 Å². The number of rotatable bonds is 8. The molecule has 0 amide bonds. The number of fused-ring (bicyclic) bond motifs is 3. The molecule has 0 N–H and O–H groups in total. The molecule has 2 aliphatic carbocycles. The van der Waals surface area contributed by atoms with Crippen LogP contribution in [0.1, 0.15) is 67.7 Å². The zero-order valence-corrected chi connectivity index (χ0v) is 34.7. The molecule has 0 saturated carbocycles. The molecule has 1 heterocycles. The molecule has 8 aromatic rings. The molecular weight excluding hydrogens is 725 g/mol. The summed E-state index contributed by atoms with van der Waals surface area (Å²) in [4.78, 5) is 2.35. The second-order valence-corrected chi connectivity index (χ2v) is 17.3. The summed E-state index contributed by atoms with van der Waals surface area (Å²) < 4.78 is 2.40. The van der Waals surface area contributed by atoms with Crippen LogP contribution in [0.15, 0.2) is 212 Å². The van der Waals surface area contributed by atoms with Crippen LogP contribution in [0.4, 0.5) is 17.1 Å². The molecule has 0 fully saturated rings. The minimum atomic E-state index is 0.0681. The van der Waals surface area contributed by atoms with E-state index in [1.54, 1.807) is 0 Å². The molecule has 10 rings (SSSR count). The van der Waals surface area contributed by atoms with Crippen LogP contribution >= 0.6 is 0 Å². The Morgan fingerprint density at radius 3 is 1.67 bits per heavy atom. The second kappa shape index (κ2) is 15.7. The van der Waals surface area contributed by atoms with Crippen LogP contribution in [-0.2, 0) is 5.41 Å². The van der Waals surface area contributed by atoms with Gasteiger partial charge in [0.15, 0.2) is 0 Å². The van der Waals surface area contributed by atoms with Crippen LogP contribution in [0.5, 0.6) is 0 Å².